The molecule has 0 aliphatic heterocycles. The van der Waals surface area contributed by atoms with Gasteiger partial charge in [-0.15, -0.1) is 0 Å². The topological polar surface area (TPSA) is 28.2 Å². The molecule has 1 unspecified atom stereocenters. The molecule has 0 radical (unpaired) electrons. The van der Waals surface area contributed by atoms with Crippen LogP contribution in [0.4, 0.5) is 5.82 Å². The van der Waals surface area contributed by atoms with Gasteiger partial charge in [0.1, 0.15) is 5.82 Å². The Kier molecular flexibility index (Phi) is 7.06. The number of nitrogens with zero attached hydrogens (tertiary/aromatic N) is 2. The molecule has 0 saturated carbocycles. The number of pyridine rings is 1. The van der Waals surface area contributed by atoms with Crippen LogP contribution in [-0.2, 0) is 0 Å². The second-order valence-corrected chi connectivity index (χ2v) is 5.01. The second-order valence-electron chi connectivity index (χ2n) is 4.58. The first-order chi connectivity index (χ1) is 8.65. The van der Waals surface area contributed by atoms with Gasteiger partial charge in [0, 0.05) is 12.2 Å². The van der Waals surface area contributed by atoms with Crippen molar-refractivity contribution < 1.29 is 0 Å². The van der Waals surface area contributed by atoms with E-state index in [0.717, 1.165) is 25.3 Å². The van der Waals surface area contributed by atoms with Gasteiger partial charge in [-0.05, 0) is 51.5 Å². The third-order valence-electron chi connectivity index (χ3n) is 3.13. The first-order valence-electron chi connectivity index (χ1n) is 6.76. The molecule has 1 rings (SSSR count). The molecule has 4 heteroatoms. The van der Waals surface area contributed by atoms with Crippen LogP contribution in [0.3, 0.4) is 0 Å². The molecule has 0 fully saturated rings. The minimum Gasteiger partial charge on any atom is -0.368 e. The molecule has 1 aromatic rings. The first kappa shape index (κ1) is 15.3. The summed E-state index contributed by atoms with van der Waals surface area (Å²) in [6, 6.07) is 4.22. The summed E-state index contributed by atoms with van der Waals surface area (Å²) in [6.07, 6.45) is 4.04. The van der Waals surface area contributed by atoms with Gasteiger partial charge in [-0.2, -0.15) is 0 Å². The second kappa shape index (κ2) is 8.33. The maximum atomic E-state index is 5.80. The van der Waals surface area contributed by atoms with E-state index in [0.29, 0.717) is 11.1 Å². The predicted octanol–water partition coefficient (Wildman–Crippen LogP) is 3.66. The average Bonchev–Trinajstić information content (AvgIpc) is 2.37. The highest BCUT2D eigenvalue weighted by Gasteiger charge is 2.04. The van der Waals surface area contributed by atoms with E-state index in [1.807, 2.05) is 12.1 Å². The summed E-state index contributed by atoms with van der Waals surface area (Å²) in [5, 5.41) is 4.07. The van der Waals surface area contributed by atoms with Gasteiger partial charge in [0.15, 0.2) is 0 Å². The van der Waals surface area contributed by atoms with Crippen LogP contribution in [-0.4, -0.2) is 35.6 Å². The summed E-state index contributed by atoms with van der Waals surface area (Å²) in [5.41, 5.74) is 0. The molecule has 0 aliphatic carbocycles. The highest BCUT2D eigenvalue weighted by molar-refractivity contribution is 6.30. The van der Waals surface area contributed by atoms with Crippen molar-refractivity contribution in [1.29, 1.82) is 0 Å². The van der Waals surface area contributed by atoms with Crippen molar-refractivity contribution in [3.8, 4) is 0 Å². The molecular weight excluding hydrogens is 246 g/mol. The van der Waals surface area contributed by atoms with Gasteiger partial charge in [-0.1, -0.05) is 25.4 Å². The maximum Gasteiger partial charge on any atom is 0.126 e. The Bertz CT molecular complexity index is 322. The van der Waals surface area contributed by atoms with Crippen molar-refractivity contribution in [2.75, 3.05) is 25.0 Å². The molecule has 1 N–H and O–H groups in total. The summed E-state index contributed by atoms with van der Waals surface area (Å²) in [5.74, 6) is 0.898. The van der Waals surface area contributed by atoms with Crippen molar-refractivity contribution >= 4 is 17.4 Å². The molecule has 1 heterocycles. The summed E-state index contributed by atoms with van der Waals surface area (Å²) < 4.78 is 0. The van der Waals surface area contributed by atoms with Gasteiger partial charge in [0.2, 0.25) is 0 Å². The predicted molar refractivity (Wildman–Crippen MR) is 79.4 cm³/mol. The molecule has 18 heavy (non-hydrogen) atoms. The molecule has 0 saturated heterocycles. The third-order valence-corrected chi connectivity index (χ3v) is 3.35. The summed E-state index contributed by atoms with van der Waals surface area (Å²) in [6.45, 7) is 10.1. The number of hydrogen-bond donors (Lipinski definition) is 1. The highest BCUT2D eigenvalue weighted by atomic mass is 35.5. The monoisotopic (exact) mass is 269 g/mol. The lowest BCUT2D eigenvalue weighted by molar-refractivity contribution is 0.295. The van der Waals surface area contributed by atoms with E-state index in [1.54, 1.807) is 6.20 Å². The smallest absolute Gasteiger partial charge is 0.126 e. The lowest BCUT2D eigenvalue weighted by atomic mass is 10.1. The summed E-state index contributed by atoms with van der Waals surface area (Å²) in [4.78, 5) is 6.69. The Labute approximate surface area is 116 Å². The van der Waals surface area contributed by atoms with E-state index < -0.39 is 0 Å². The van der Waals surface area contributed by atoms with Crippen LogP contribution >= 0.6 is 11.6 Å². The van der Waals surface area contributed by atoms with E-state index in [2.05, 4.69) is 36.0 Å². The van der Waals surface area contributed by atoms with Crippen LogP contribution in [0, 0.1) is 0 Å². The largest absolute Gasteiger partial charge is 0.368 e. The lowest BCUT2D eigenvalue weighted by Crippen LogP contribution is -2.25. The molecule has 0 aromatic carbocycles. The zero-order valence-electron chi connectivity index (χ0n) is 11.6. The quantitative estimate of drug-likeness (QED) is 0.781. The fourth-order valence-corrected chi connectivity index (χ4v) is 2.06. The first-order valence-corrected chi connectivity index (χ1v) is 7.14. The third kappa shape index (κ3) is 5.69. The van der Waals surface area contributed by atoms with Crippen LogP contribution in [0.5, 0.6) is 0 Å². The van der Waals surface area contributed by atoms with E-state index in [1.165, 1.54) is 13.0 Å². The minimum atomic E-state index is 0.439. The number of hydrogen-bond acceptors (Lipinski definition) is 3. The molecule has 1 aromatic heterocycles. The van der Waals surface area contributed by atoms with Gasteiger partial charge in [-0.25, -0.2) is 4.98 Å². The Morgan fingerprint density at radius 1 is 1.33 bits per heavy atom. The van der Waals surface area contributed by atoms with Crippen LogP contribution < -0.4 is 5.32 Å². The Balaban J connectivity index is 2.25. The molecular formula is C14H24ClN3. The van der Waals surface area contributed by atoms with Crippen LogP contribution in [0.25, 0.3) is 0 Å². The van der Waals surface area contributed by atoms with Crippen molar-refractivity contribution in [2.24, 2.45) is 0 Å². The lowest BCUT2D eigenvalue weighted by Gasteiger charge is -2.20. The normalized spacial score (nSPS) is 12.7. The zero-order chi connectivity index (χ0) is 13.4. The van der Waals surface area contributed by atoms with E-state index in [-0.39, 0.29) is 0 Å². The number of nitrogens with one attached hydrogen (secondary N) is 1. The summed E-state index contributed by atoms with van der Waals surface area (Å²) in [7, 11) is 0. The molecule has 0 amide bonds. The average molecular weight is 270 g/mol. The van der Waals surface area contributed by atoms with Gasteiger partial charge < -0.3 is 10.2 Å². The molecule has 102 valence electrons. The van der Waals surface area contributed by atoms with Gasteiger partial charge in [0.05, 0.1) is 5.02 Å². The Hall–Kier alpha value is -0.800. The standard InChI is InChI=1S/C14H24ClN3/c1-4-18(5-2)10-6-7-12(3)17-14-9-8-13(15)11-16-14/h8-9,11-12H,4-7,10H2,1-3H3,(H,16,17). The fraction of sp³-hybridized carbons (Fsp3) is 0.643. The number of halogens is 1. The van der Waals surface area contributed by atoms with E-state index in [4.69, 9.17) is 11.6 Å². The summed E-state index contributed by atoms with van der Waals surface area (Å²) >= 11 is 5.80. The molecule has 0 bridgehead atoms. The number of anilines is 1. The SMILES string of the molecule is CCN(CC)CCCC(C)Nc1ccc(Cl)cn1. The molecule has 1 atom stereocenters. The minimum absolute atomic E-state index is 0.439. The number of aromatic nitrogens is 1. The van der Waals surface area contributed by atoms with Crippen molar-refractivity contribution in [3.63, 3.8) is 0 Å². The van der Waals surface area contributed by atoms with Crippen molar-refractivity contribution in [2.45, 2.75) is 39.7 Å². The van der Waals surface area contributed by atoms with Crippen LogP contribution in [0.1, 0.15) is 33.6 Å². The van der Waals surface area contributed by atoms with Crippen LogP contribution in [0.15, 0.2) is 18.3 Å². The van der Waals surface area contributed by atoms with Crippen molar-refractivity contribution in [1.82, 2.24) is 9.88 Å². The maximum absolute atomic E-state index is 5.80. The highest BCUT2D eigenvalue weighted by Crippen LogP contribution is 2.12. The molecule has 0 spiro atoms. The van der Waals surface area contributed by atoms with Crippen LogP contribution in [0.2, 0.25) is 5.02 Å². The Morgan fingerprint density at radius 3 is 2.61 bits per heavy atom. The van der Waals surface area contributed by atoms with Crippen molar-refractivity contribution in [3.05, 3.63) is 23.4 Å². The molecule has 0 aliphatic rings. The fourth-order valence-electron chi connectivity index (χ4n) is 1.95. The zero-order valence-corrected chi connectivity index (χ0v) is 12.4. The number of rotatable bonds is 8. The molecule has 3 nitrogen and oxygen atoms in total. The van der Waals surface area contributed by atoms with Gasteiger partial charge in [0.25, 0.3) is 0 Å². The van der Waals surface area contributed by atoms with E-state index in [9.17, 15) is 0 Å². The van der Waals surface area contributed by atoms with Gasteiger partial charge in [-0.3, -0.25) is 0 Å². The van der Waals surface area contributed by atoms with Gasteiger partial charge >= 0.3 is 0 Å². The Morgan fingerprint density at radius 2 is 2.06 bits per heavy atom. The van der Waals surface area contributed by atoms with E-state index >= 15 is 0 Å².